The molecule has 1 aromatic carbocycles. The molecule has 2 amide bonds. The van der Waals surface area contributed by atoms with Gasteiger partial charge in [0.1, 0.15) is 0 Å². The molecule has 2 saturated heterocycles. The zero-order chi connectivity index (χ0) is 20.5. The summed E-state index contributed by atoms with van der Waals surface area (Å²) < 4.78 is 10.7. The van der Waals surface area contributed by atoms with E-state index in [0.717, 1.165) is 38.5 Å². The molecule has 2 aliphatic heterocycles. The van der Waals surface area contributed by atoms with Gasteiger partial charge in [0, 0.05) is 57.9 Å². The van der Waals surface area contributed by atoms with Crippen LogP contribution in [0.25, 0.3) is 0 Å². The molecule has 0 unspecified atom stereocenters. The summed E-state index contributed by atoms with van der Waals surface area (Å²) in [5, 5.41) is 3.34. The van der Waals surface area contributed by atoms with Crippen LogP contribution in [-0.2, 0) is 25.5 Å². The predicted molar refractivity (Wildman–Crippen MR) is 111 cm³/mol. The largest absolute Gasteiger partial charge is 0.385 e. The van der Waals surface area contributed by atoms with Gasteiger partial charge in [-0.25, -0.2) is 0 Å². The van der Waals surface area contributed by atoms with Gasteiger partial charge < -0.3 is 19.7 Å². The van der Waals surface area contributed by atoms with E-state index < -0.39 is 0 Å². The number of piperidine rings is 1. The van der Waals surface area contributed by atoms with Crippen LogP contribution in [0.3, 0.4) is 0 Å². The number of hydrogen-bond donors (Lipinski definition) is 1. The number of likely N-dealkylation sites (tertiary alicyclic amines) is 1. The summed E-state index contributed by atoms with van der Waals surface area (Å²) in [5.74, 6) is 0.368. The standard InChI is InChI=1S/C23H34N2O4/c1-28-18-13-23(24-22(27)20-9-16-29-17-10-20)11-14-25(15-12-23)21(26)8-7-19-5-3-2-4-6-19/h2-6,20H,7-18H2,1H3,(H,24,27). The lowest BCUT2D eigenvalue weighted by Crippen LogP contribution is -2.58. The third-order valence-corrected chi connectivity index (χ3v) is 6.31. The first-order chi connectivity index (χ1) is 14.1. The van der Waals surface area contributed by atoms with E-state index in [4.69, 9.17) is 9.47 Å². The van der Waals surface area contributed by atoms with E-state index in [1.54, 1.807) is 7.11 Å². The van der Waals surface area contributed by atoms with E-state index in [1.165, 1.54) is 5.56 Å². The van der Waals surface area contributed by atoms with Crippen LogP contribution in [0.4, 0.5) is 0 Å². The van der Waals surface area contributed by atoms with E-state index in [2.05, 4.69) is 17.4 Å². The summed E-state index contributed by atoms with van der Waals surface area (Å²) in [5.41, 5.74) is 0.915. The topological polar surface area (TPSA) is 67.9 Å². The van der Waals surface area contributed by atoms with Crippen molar-refractivity contribution >= 4 is 11.8 Å². The normalized spacial score (nSPS) is 19.7. The van der Waals surface area contributed by atoms with Gasteiger partial charge in [0.25, 0.3) is 0 Å². The molecule has 0 bridgehead atoms. The molecule has 1 aromatic rings. The first kappa shape index (κ1) is 21.8. The summed E-state index contributed by atoms with van der Waals surface area (Å²) >= 11 is 0. The van der Waals surface area contributed by atoms with E-state index in [0.29, 0.717) is 39.3 Å². The number of amides is 2. The van der Waals surface area contributed by atoms with Crippen molar-refractivity contribution in [2.24, 2.45) is 5.92 Å². The number of carbonyl (C=O) groups excluding carboxylic acids is 2. The Morgan fingerprint density at radius 3 is 2.52 bits per heavy atom. The average molecular weight is 403 g/mol. The lowest BCUT2D eigenvalue weighted by Gasteiger charge is -2.43. The Balaban J connectivity index is 1.52. The van der Waals surface area contributed by atoms with Gasteiger partial charge in [0.05, 0.1) is 0 Å². The molecule has 3 rings (SSSR count). The van der Waals surface area contributed by atoms with Crippen molar-refractivity contribution in [1.82, 2.24) is 10.2 Å². The zero-order valence-corrected chi connectivity index (χ0v) is 17.5. The second kappa shape index (κ2) is 10.7. The third-order valence-electron chi connectivity index (χ3n) is 6.31. The number of hydrogen-bond acceptors (Lipinski definition) is 4. The van der Waals surface area contributed by atoms with Crippen molar-refractivity contribution in [3.8, 4) is 0 Å². The SMILES string of the molecule is COCCC1(NC(=O)C2CCOCC2)CCN(C(=O)CCc2ccccc2)CC1. The maximum atomic E-state index is 12.8. The van der Waals surface area contributed by atoms with Gasteiger partial charge in [-0.15, -0.1) is 0 Å². The first-order valence-corrected chi connectivity index (χ1v) is 10.8. The number of aryl methyl sites for hydroxylation is 1. The molecule has 6 nitrogen and oxygen atoms in total. The molecule has 29 heavy (non-hydrogen) atoms. The van der Waals surface area contributed by atoms with Gasteiger partial charge in [-0.05, 0) is 44.1 Å². The first-order valence-electron chi connectivity index (χ1n) is 10.8. The summed E-state index contributed by atoms with van der Waals surface area (Å²) in [4.78, 5) is 27.4. The van der Waals surface area contributed by atoms with E-state index in [1.807, 2.05) is 23.1 Å². The molecule has 2 fully saturated rings. The van der Waals surface area contributed by atoms with Crippen LogP contribution in [0.2, 0.25) is 0 Å². The van der Waals surface area contributed by atoms with Crippen molar-refractivity contribution < 1.29 is 19.1 Å². The smallest absolute Gasteiger partial charge is 0.223 e. The van der Waals surface area contributed by atoms with Crippen molar-refractivity contribution in [3.63, 3.8) is 0 Å². The van der Waals surface area contributed by atoms with Crippen molar-refractivity contribution in [1.29, 1.82) is 0 Å². The second-order valence-corrected chi connectivity index (χ2v) is 8.27. The highest BCUT2D eigenvalue weighted by Crippen LogP contribution is 2.28. The lowest BCUT2D eigenvalue weighted by molar-refractivity contribution is -0.134. The van der Waals surface area contributed by atoms with Crippen molar-refractivity contribution in [2.75, 3.05) is 40.0 Å². The van der Waals surface area contributed by atoms with Gasteiger partial charge in [0.2, 0.25) is 11.8 Å². The van der Waals surface area contributed by atoms with E-state index >= 15 is 0 Å². The van der Waals surface area contributed by atoms with Crippen LogP contribution in [-0.4, -0.2) is 62.3 Å². The van der Waals surface area contributed by atoms with Crippen LogP contribution in [0.1, 0.15) is 44.1 Å². The number of rotatable bonds is 8. The molecular formula is C23H34N2O4. The number of ether oxygens (including phenoxy) is 2. The molecule has 0 spiro atoms. The second-order valence-electron chi connectivity index (χ2n) is 8.27. The molecule has 160 valence electrons. The fraction of sp³-hybridized carbons (Fsp3) is 0.652. The molecule has 0 saturated carbocycles. The molecule has 0 aromatic heterocycles. The number of carbonyl (C=O) groups is 2. The third kappa shape index (κ3) is 6.28. The van der Waals surface area contributed by atoms with Gasteiger partial charge in [-0.1, -0.05) is 30.3 Å². The fourth-order valence-corrected chi connectivity index (χ4v) is 4.30. The van der Waals surface area contributed by atoms with Crippen LogP contribution in [0.5, 0.6) is 0 Å². The molecule has 0 aliphatic carbocycles. The Kier molecular flexibility index (Phi) is 8.07. The van der Waals surface area contributed by atoms with Crippen LogP contribution in [0.15, 0.2) is 30.3 Å². The van der Waals surface area contributed by atoms with Crippen LogP contribution in [0, 0.1) is 5.92 Å². The maximum absolute atomic E-state index is 12.8. The van der Waals surface area contributed by atoms with E-state index in [9.17, 15) is 9.59 Å². The van der Waals surface area contributed by atoms with Gasteiger partial charge >= 0.3 is 0 Å². The highest BCUT2D eigenvalue weighted by atomic mass is 16.5. The Labute approximate surface area is 173 Å². The quantitative estimate of drug-likeness (QED) is 0.726. The highest BCUT2D eigenvalue weighted by molar-refractivity contribution is 5.80. The van der Waals surface area contributed by atoms with Gasteiger partial charge in [-0.2, -0.15) is 0 Å². The highest BCUT2D eigenvalue weighted by Gasteiger charge is 2.38. The van der Waals surface area contributed by atoms with Gasteiger partial charge in [0.15, 0.2) is 0 Å². The predicted octanol–water partition coefficient (Wildman–Crippen LogP) is 2.56. The molecule has 2 aliphatic rings. The van der Waals surface area contributed by atoms with Crippen molar-refractivity contribution in [2.45, 2.75) is 50.5 Å². The zero-order valence-electron chi connectivity index (χ0n) is 17.5. The van der Waals surface area contributed by atoms with Gasteiger partial charge in [-0.3, -0.25) is 9.59 Å². The monoisotopic (exact) mass is 402 g/mol. The maximum Gasteiger partial charge on any atom is 0.223 e. The number of nitrogens with one attached hydrogen (secondary N) is 1. The minimum atomic E-state index is -0.276. The Hall–Kier alpha value is -1.92. The molecule has 0 atom stereocenters. The summed E-state index contributed by atoms with van der Waals surface area (Å²) in [6.07, 6.45) is 5.22. The molecule has 2 heterocycles. The summed E-state index contributed by atoms with van der Waals surface area (Å²) in [7, 11) is 1.69. The molecule has 6 heteroatoms. The van der Waals surface area contributed by atoms with Crippen molar-refractivity contribution in [3.05, 3.63) is 35.9 Å². The Morgan fingerprint density at radius 1 is 1.17 bits per heavy atom. The number of benzene rings is 1. The van der Waals surface area contributed by atoms with Crippen LogP contribution >= 0.6 is 0 Å². The fourth-order valence-electron chi connectivity index (χ4n) is 4.30. The van der Waals surface area contributed by atoms with E-state index in [-0.39, 0.29) is 23.3 Å². The van der Waals surface area contributed by atoms with Crippen LogP contribution < -0.4 is 5.32 Å². The molecule has 1 N–H and O–H groups in total. The number of methoxy groups -OCH3 is 1. The lowest BCUT2D eigenvalue weighted by atomic mass is 9.83. The Bertz CT molecular complexity index is 650. The number of nitrogens with zero attached hydrogens (tertiary/aromatic N) is 1. The molecular weight excluding hydrogens is 368 g/mol. The summed E-state index contributed by atoms with van der Waals surface area (Å²) in [6, 6.07) is 10.1. The average Bonchev–Trinajstić information content (AvgIpc) is 2.78. The minimum absolute atomic E-state index is 0.0358. The summed E-state index contributed by atoms with van der Waals surface area (Å²) in [6.45, 7) is 3.30. The Morgan fingerprint density at radius 2 is 1.86 bits per heavy atom. The molecule has 0 radical (unpaired) electrons. The minimum Gasteiger partial charge on any atom is -0.385 e.